The van der Waals surface area contributed by atoms with Crippen molar-refractivity contribution in [2.24, 2.45) is 16.0 Å². The number of unbranched alkanes of at least 4 members (excludes halogenated alkanes) is 3. The summed E-state index contributed by atoms with van der Waals surface area (Å²) in [5.41, 5.74) is 9.05. The molecule has 0 aliphatic carbocycles. The van der Waals surface area contributed by atoms with Crippen molar-refractivity contribution in [2.75, 3.05) is 13.2 Å². The van der Waals surface area contributed by atoms with E-state index in [1.165, 1.54) is 5.56 Å². The van der Waals surface area contributed by atoms with Gasteiger partial charge in [-0.05, 0) is 50.5 Å². The predicted octanol–water partition coefficient (Wildman–Crippen LogP) is 5.57. The van der Waals surface area contributed by atoms with Gasteiger partial charge in [-0.2, -0.15) is 5.11 Å². The molecule has 0 saturated carbocycles. The molecule has 0 bridgehead atoms. The second-order valence-corrected chi connectivity index (χ2v) is 8.51. The minimum atomic E-state index is -0.160. The van der Waals surface area contributed by atoms with Crippen LogP contribution in [0.4, 0.5) is 11.4 Å². The average molecular weight is 453 g/mol. The molecule has 3 atom stereocenters. The summed E-state index contributed by atoms with van der Waals surface area (Å²) in [6.07, 6.45) is 5.63. The molecule has 33 heavy (non-hydrogen) atoms. The van der Waals surface area contributed by atoms with E-state index in [-0.39, 0.29) is 24.3 Å². The molecule has 1 heterocycles. The monoisotopic (exact) mass is 452 g/mol. The molecule has 0 aromatic heterocycles. The lowest BCUT2D eigenvalue weighted by Gasteiger charge is -2.13. The summed E-state index contributed by atoms with van der Waals surface area (Å²) in [5.74, 6) is -0.128. The Morgan fingerprint density at radius 2 is 1.85 bits per heavy atom. The zero-order valence-corrected chi connectivity index (χ0v) is 19.7. The zero-order valence-electron chi connectivity index (χ0n) is 19.7. The maximum Gasteiger partial charge on any atom is 0.253 e. The standard InChI is InChI=1S/C26H36N4O3/c1-3-24-22(27)18-25(33-24)32-17-9-5-4-8-16-28-26(31)21-10-6-7-11-23(21)30-29-20-14-12-19(2)13-15-20/h6-7,10-15,22,24-25H,3-5,8-9,16-18,27H2,1-2H3,(H,28,31). The van der Waals surface area contributed by atoms with Gasteiger partial charge >= 0.3 is 0 Å². The van der Waals surface area contributed by atoms with Crippen LogP contribution in [0, 0.1) is 6.92 Å². The van der Waals surface area contributed by atoms with E-state index < -0.39 is 0 Å². The predicted molar refractivity (Wildman–Crippen MR) is 130 cm³/mol. The quantitative estimate of drug-likeness (QED) is 0.325. The Morgan fingerprint density at radius 1 is 1.09 bits per heavy atom. The number of carbonyl (C=O) groups excluding carboxylic acids is 1. The molecule has 178 valence electrons. The Labute approximate surface area is 196 Å². The number of hydrogen-bond donors (Lipinski definition) is 2. The molecule has 0 radical (unpaired) electrons. The summed E-state index contributed by atoms with van der Waals surface area (Å²) in [7, 11) is 0. The molecular weight excluding hydrogens is 416 g/mol. The van der Waals surface area contributed by atoms with Crippen LogP contribution in [0.25, 0.3) is 0 Å². The summed E-state index contributed by atoms with van der Waals surface area (Å²) in [6, 6.07) is 15.1. The van der Waals surface area contributed by atoms with E-state index in [1.807, 2.05) is 43.3 Å². The molecule has 3 rings (SSSR count). The highest BCUT2D eigenvalue weighted by Crippen LogP contribution is 2.23. The Bertz CT molecular complexity index is 901. The van der Waals surface area contributed by atoms with Crippen molar-refractivity contribution in [3.8, 4) is 0 Å². The van der Waals surface area contributed by atoms with Crippen molar-refractivity contribution in [2.45, 2.75) is 70.8 Å². The first kappa shape index (κ1) is 25.0. The first-order valence-corrected chi connectivity index (χ1v) is 11.9. The molecule has 0 spiro atoms. The van der Waals surface area contributed by atoms with Crippen LogP contribution in [0.5, 0.6) is 0 Å². The van der Waals surface area contributed by atoms with E-state index in [1.54, 1.807) is 12.1 Å². The van der Waals surface area contributed by atoms with Gasteiger partial charge in [-0.25, -0.2) is 0 Å². The van der Waals surface area contributed by atoms with Gasteiger partial charge in [0.25, 0.3) is 5.91 Å². The molecular formula is C26H36N4O3. The maximum atomic E-state index is 12.6. The van der Waals surface area contributed by atoms with E-state index >= 15 is 0 Å². The average Bonchev–Trinajstić information content (AvgIpc) is 3.19. The molecule has 2 aromatic carbocycles. The lowest BCUT2D eigenvalue weighted by Crippen LogP contribution is -2.29. The van der Waals surface area contributed by atoms with E-state index in [0.717, 1.165) is 44.2 Å². The molecule has 1 fully saturated rings. The third kappa shape index (κ3) is 8.03. The summed E-state index contributed by atoms with van der Waals surface area (Å²) in [6.45, 7) is 5.42. The second-order valence-electron chi connectivity index (χ2n) is 8.51. The molecule has 1 aliphatic heterocycles. The maximum absolute atomic E-state index is 12.6. The van der Waals surface area contributed by atoms with Crippen LogP contribution in [0.15, 0.2) is 58.8 Å². The third-order valence-corrected chi connectivity index (χ3v) is 5.79. The smallest absolute Gasteiger partial charge is 0.253 e. The van der Waals surface area contributed by atoms with E-state index in [0.29, 0.717) is 24.4 Å². The molecule has 1 aliphatic rings. The molecule has 3 unspecified atom stereocenters. The van der Waals surface area contributed by atoms with Crippen LogP contribution in [0.3, 0.4) is 0 Å². The Kier molecular flexibility index (Phi) is 10.00. The van der Waals surface area contributed by atoms with Crippen LogP contribution in [0.2, 0.25) is 0 Å². The topological polar surface area (TPSA) is 98.3 Å². The van der Waals surface area contributed by atoms with Gasteiger partial charge in [-0.3, -0.25) is 4.79 Å². The van der Waals surface area contributed by atoms with Crippen molar-refractivity contribution in [1.29, 1.82) is 0 Å². The molecule has 2 aromatic rings. The largest absolute Gasteiger partial charge is 0.353 e. The highest BCUT2D eigenvalue weighted by molar-refractivity contribution is 5.98. The van der Waals surface area contributed by atoms with E-state index in [4.69, 9.17) is 15.2 Å². The minimum absolute atomic E-state index is 0.0813. The summed E-state index contributed by atoms with van der Waals surface area (Å²) in [5, 5.41) is 11.5. The van der Waals surface area contributed by atoms with Crippen molar-refractivity contribution < 1.29 is 14.3 Å². The number of nitrogens with zero attached hydrogens (tertiary/aromatic N) is 2. The van der Waals surface area contributed by atoms with Crippen LogP contribution in [-0.4, -0.2) is 37.5 Å². The Balaban J connectivity index is 1.33. The van der Waals surface area contributed by atoms with Gasteiger partial charge in [-0.15, -0.1) is 5.11 Å². The second kappa shape index (κ2) is 13.2. The number of benzene rings is 2. The number of aryl methyl sites for hydroxylation is 1. The number of ether oxygens (including phenoxy) is 2. The SMILES string of the molecule is CCC1OC(OCCCCCCNC(=O)c2ccccc2N=Nc2ccc(C)cc2)CC1N. The highest BCUT2D eigenvalue weighted by Gasteiger charge is 2.31. The highest BCUT2D eigenvalue weighted by atomic mass is 16.7. The first-order chi connectivity index (χ1) is 16.1. The van der Waals surface area contributed by atoms with Gasteiger partial charge in [0.05, 0.1) is 23.0 Å². The van der Waals surface area contributed by atoms with Gasteiger partial charge in [0.15, 0.2) is 6.29 Å². The fourth-order valence-corrected chi connectivity index (χ4v) is 3.80. The molecule has 7 heteroatoms. The van der Waals surface area contributed by atoms with Crippen LogP contribution >= 0.6 is 0 Å². The zero-order chi connectivity index (χ0) is 23.5. The summed E-state index contributed by atoms with van der Waals surface area (Å²) < 4.78 is 11.6. The van der Waals surface area contributed by atoms with Crippen LogP contribution in [-0.2, 0) is 9.47 Å². The van der Waals surface area contributed by atoms with Crippen molar-refractivity contribution in [3.63, 3.8) is 0 Å². The number of rotatable bonds is 12. The Hall–Kier alpha value is -2.61. The molecule has 7 nitrogen and oxygen atoms in total. The van der Waals surface area contributed by atoms with E-state index in [2.05, 4.69) is 22.5 Å². The van der Waals surface area contributed by atoms with Gasteiger partial charge in [0.1, 0.15) is 0 Å². The number of carbonyl (C=O) groups is 1. The van der Waals surface area contributed by atoms with Crippen molar-refractivity contribution in [1.82, 2.24) is 5.32 Å². The number of nitrogens with one attached hydrogen (secondary N) is 1. The van der Waals surface area contributed by atoms with Crippen LogP contribution in [0.1, 0.15) is 61.4 Å². The molecule has 1 amide bonds. The lowest BCUT2D eigenvalue weighted by molar-refractivity contribution is -0.134. The van der Waals surface area contributed by atoms with Crippen molar-refractivity contribution >= 4 is 17.3 Å². The summed E-state index contributed by atoms with van der Waals surface area (Å²) >= 11 is 0. The number of azo groups is 1. The fraction of sp³-hybridized carbons (Fsp3) is 0.500. The number of hydrogen-bond acceptors (Lipinski definition) is 6. The number of amides is 1. The molecule has 3 N–H and O–H groups in total. The summed E-state index contributed by atoms with van der Waals surface area (Å²) in [4.78, 5) is 12.6. The Morgan fingerprint density at radius 3 is 2.61 bits per heavy atom. The van der Waals surface area contributed by atoms with Gasteiger partial charge in [0, 0.05) is 25.6 Å². The fourth-order valence-electron chi connectivity index (χ4n) is 3.80. The van der Waals surface area contributed by atoms with E-state index in [9.17, 15) is 4.79 Å². The van der Waals surface area contributed by atoms with Crippen LogP contribution < -0.4 is 11.1 Å². The minimum Gasteiger partial charge on any atom is -0.353 e. The third-order valence-electron chi connectivity index (χ3n) is 5.79. The van der Waals surface area contributed by atoms with Gasteiger partial charge in [-0.1, -0.05) is 49.6 Å². The normalized spacial score (nSPS) is 20.4. The molecule has 1 saturated heterocycles. The number of nitrogens with two attached hydrogens (primary N) is 1. The lowest BCUT2D eigenvalue weighted by atomic mass is 10.1. The first-order valence-electron chi connectivity index (χ1n) is 11.9. The van der Waals surface area contributed by atoms with Gasteiger partial charge in [0.2, 0.25) is 0 Å². The van der Waals surface area contributed by atoms with Crippen molar-refractivity contribution in [3.05, 3.63) is 59.7 Å². The van der Waals surface area contributed by atoms with Gasteiger partial charge < -0.3 is 20.5 Å².